The highest BCUT2D eigenvalue weighted by molar-refractivity contribution is 6.33. The lowest BCUT2D eigenvalue weighted by molar-refractivity contribution is 0.0820. The molecule has 7 aromatic carbocycles. The fourth-order valence-electron chi connectivity index (χ4n) is 6.69. The molecule has 0 saturated heterocycles. The Balaban J connectivity index is 1.77. The van der Waals surface area contributed by atoms with E-state index in [0.717, 1.165) is 61.2 Å². The van der Waals surface area contributed by atoms with Crippen LogP contribution in [0.5, 0.6) is 0 Å². The van der Waals surface area contributed by atoms with E-state index < -0.39 is 12.9 Å². The van der Waals surface area contributed by atoms with Gasteiger partial charge in [0.1, 0.15) is 5.60 Å². The van der Waals surface area contributed by atoms with Crippen molar-refractivity contribution < 1.29 is 14.7 Å². The highest BCUT2D eigenvalue weighted by atomic mass is 16.6. The molecule has 0 bridgehead atoms. The third kappa shape index (κ3) is 5.82. The average molecular weight is 609 g/mol. The van der Waals surface area contributed by atoms with Gasteiger partial charge in [-0.15, -0.1) is 0 Å². The molecular weight excluding hydrogens is 575 g/mol. The van der Waals surface area contributed by atoms with Crippen molar-refractivity contribution in [2.45, 2.75) is 5.60 Å². The molecule has 2 N–H and O–H groups in total. The minimum atomic E-state index is -2.08. The Hall–Kier alpha value is -5.52. The highest BCUT2D eigenvalue weighted by Gasteiger charge is 2.44. The van der Waals surface area contributed by atoms with Crippen molar-refractivity contribution in [2.24, 2.45) is 0 Å². The summed E-state index contributed by atoms with van der Waals surface area (Å²) in [7, 11) is -2.08. The molecule has 0 radical (unpaired) electrons. The first-order valence-electron chi connectivity index (χ1n) is 15.7. The zero-order valence-corrected chi connectivity index (χ0v) is 25.8. The fourth-order valence-corrected chi connectivity index (χ4v) is 6.69. The van der Waals surface area contributed by atoms with Gasteiger partial charge in [0.05, 0.1) is 0 Å². The van der Waals surface area contributed by atoms with Crippen LogP contribution in [-0.2, 0) is 10.3 Å². The Bertz CT molecular complexity index is 2010. The van der Waals surface area contributed by atoms with Crippen LogP contribution in [0.15, 0.2) is 188 Å². The third-order valence-electron chi connectivity index (χ3n) is 8.62. The molecule has 3 nitrogen and oxygen atoms in total. The average Bonchev–Trinajstić information content (AvgIpc) is 3.15. The molecule has 0 spiro atoms. The van der Waals surface area contributed by atoms with Crippen molar-refractivity contribution in [1.29, 1.82) is 0 Å². The second-order valence-electron chi connectivity index (χ2n) is 11.4. The van der Waals surface area contributed by atoms with E-state index in [0.29, 0.717) is 0 Å². The number of hydrogen-bond donors (Lipinski definition) is 2. The summed E-state index contributed by atoms with van der Waals surface area (Å²) in [5.41, 5.74) is 9.03. The number of hydrogen-bond acceptors (Lipinski definition) is 3. The van der Waals surface area contributed by atoms with Crippen LogP contribution < -0.4 is 0 Å². The van der Waals surface area contributed by atoms with Crippen LogP contribution in [0.4, 0.5) is 0 Å². The molecule has 0 saturated carbocycles. The van der Waals surface area contributed by atoms with Gasteiger partial charge in [-0.05, 0) is 61.7 Å². The highest BCUT2D eigenvalue weighted by Crippen LogP contribution is 2.53. The maximum atomic E-state index is 10.8. The quantitative estimate of drug-likeness (QED) is 0.127. The van der Waals surface area contributed by atoms with E-state index in [2.05, 4.69) is 78.9 Å². The van der Waals surface area contributed by atoms with Crippen LogP contribution in [0.25, 0.3) is 44.5 Å². The first-order chi connectivity index (χ1) is 23.2. The molecular formula is C43H33BO3. The van der Waals surface area contributed by atoms with Crippen LogP contribution >= 0.6 is 0 Å². The molecule has 0 unspecified atom stereocenters. The van der Waals surface area contributed by atoms with Gasteiger partial charge < -0.3 is 14.7 Å². The van der Waals surface area contributed by atoms with Crippen molar-refractivity contribution in [3.63, 3.8) is 0 Å². The first kappa shape index (κ1) is 30.2. The van der Waals surface area contributed by atoms with Crippen molar-refractivity contribution in [3.05, 3.63) is 205 Å². The van der Waals surface area contributed by atoms with Crippen molar-refractivity contribution in [1.82, 2.24) is 0 Å². The van der Waals surface area contributed by atoms with E-state index in [-0.39, 0.29) is 0 Å². The lowest BCUT2D eigenvalue weighted by Gasteiger charge is -2.39. The SMILES string of the molecule is OB(O)OC(c1ccccc1)(c1ccccc1)c1cc(-c2ccccc2)c(-c2ccccc2)c(-c2ccccc2)c1-c1ccccc1. The summed E-state index contributed by atoms with van der Waals surface area (Å²) in [5, 5.41) is 21.5. The zero-order valence-electron chi connectivity index (χ0n) is 25.8. The zero-order chi connectivity index (χ0) is 32.1. The van der Waals surface area contributed by atoms with Crippen LogP contribution in [-0.4, -0.2) is 17.4 Å². The van der Waals surface area contributed by atoms with Gasteiger partial charge in [0.2, 0.25) is 0 Å². The maximum absolute atomic E-state index is 10.8. The molecule has 0 aliphatic heterocycles. The molecule has 0 atom stereocenters. The maximum Gasteiger partial charge on any atom is 0.635 e. The summed E-state index contributed by atoms with van der Waals surface area (Å²) in [4.78, 5) is 0. The Labute approximate surface area is 276 Å². The minimum absolute atomic E-state index is 0.766. The van der Waals surface area contributed by atoms with Crippen molar-refractivity contribution >= 4 is 7.32 Å². The molecule has 0 aliphatic carbocycles. The van der Waals surface area contributed by atoms with Gasteiger partial charge in [-0.2, -0.15) is 0 Å². The molecule has 0 aromatic heterocycles. The van der Waals surface area contributed by atoms with Gasteiger partial charge in [-0.1, -0.05) is 182 Å². The fraction of sp³-hybridized carbons (Fsp3) is 0.0233. The number of rotatable bonds is 9. The summed E-state index contributed by atoms with van der Waals surface area (Å²) in [6, 6.07) is 63.4. The topological polar surface area (TPSA) is 49.7 Å². The smallest absolute Gasteiger partial charge is 0.402 e. The normalized spacial score (nSPS) is 11.3. The van der Waals surface area contributed by atoms with Gasteiger partial charge >= 0.3 is 7.32 Å². The summed E-state index contributed by atoms with van der Waals surface area (Å²) >= 11 is 0. The van der Waals surface area contributed by atoms with Crippen LogP contribution in [0.2, 0.25) is 0 Å². The van der Waals surface area contributed by atoms with E-state index in [1.807, 2.05) is 109 Å². The molecule has 7 rings (SSSR count). The van der Waals surface area contributed by atoms with Gasteiger partial charge in [0.15, 0.2) is 0 Å². The molecule has 226 valence electrons. The van der Waals surface area contributed by atoms with Crippen molar-refractivity contribution in [3.8, 4) is 44.5 Å². The van der Waals surface area contributed by atoms with Gasteiger partial charge in [0.25, 0.3) is 0 Å². The summed E-state index contributed by atoms with van der Waals surface area (Å²) in [6.07, 6.45) is 0. The first-order valence-corrected chi connectivity index (χ1v) is 15.7. The Morgan fingerprint density at radius 2 is 0.723 bits per heavy atom. The third-order valence-corrected chi connectivity index (χ3v) is 8.62. The predicted octanol–water partition coefficient (Wildman–Crippen LogP) is 9.63. The second-order valence-corrected chi connectivity index (χ2v) is 11.4. The lowest BCUT2D eigenvalue weighted by atomic mass is 9.71. The van der Waals surface area contributed by atoms with Crippen LogP contribution in [0.3, 0.4) is 0 Å². The van der Waals surface area contributed by atoms with E-state index in [1.54, 1.807) is 0 Å². The van der Waals surface area contributed by atoms with Gasteiger partial charge in [-0.25, -0.2) is 0 Å². The molecule has 47 heavy (non-hydrogen) atoms. The predicted molar refractivity (Wildman–Crippen MR) is 192 cm³/mol. The van der Waals surface area contributed by atoms with Crippen molar-refractivity contribution in [2.75, 3.05) is 0 Å². The van der Waals surface area contributed by atoms with E-state index >= 15 is 0 Å². The molecule has 0 amide bonds. The molecule has 7 aromatic rings. The molecule has 0 aliphatic rings. The molecule has 0 heterocycles. The molecule has 0 fully saturated rings. The Morgan fingerprint density at radius 3 is 1.13 bits per heavy atom. The summed E-state index contributed by atoms with van der Waals surface area (Å²) in [5.74, 6) is 0. The monoisotopic (exact) mass is 608 g/mol. The Kier molecular flexibility index (Phi) is 8.63. The van der Waals surface area contributed by atoms with E-state index in [1.165, 1.54) is 0 Å². The van der Waals surface area contributed by atoms with Gasteiger partial charge in [-0.3, -0.25) is 0 Å². The summed E-state index contributed by atoms with van der Waals surface area (Å²) < 4.78 is 6.50. The van der Waals surface area contributed by atoms with E-state index in [4.69, 9.17) is 4.65 Å². The summed E-state index contributed by atoms with van der Waals surface area (Å²) in [6.45, 7) is 0. The molecule has 4 heteroatoms. The largest absolute Gasteiger partial charge is 0.635 e. The standard InChI is InChI=1S/C43H33BO3/c45-44(46)47-43(36-27-15-5-16-28-36,37-29-17-6-18-30-37)39-31-38(32-19-7-1-8-20-32)40(33-21-9-2-10-22-33)42(35-25-13-4-14-26-35)41(39)34-23-11-3-12-24-34/h1-31,45-46H. The Morgan fingerprint density at radius 1 is 0.383 bits per heavy atom. The van der Waals surface area contributed by atoms with Crippen LogP contribution in [0, 0.1) is 0 Å². The van der Waals surface area contributed by atoms with Crippen LogP contribution in [0.1, 0.15) is 16.7 Å². The second kappa shape index (κ2) is 13.5. The number of benzene rings is 7. The lowest BCUT2D eigenvalue weighted by Crippen LogP contribution is -2.39. The van der Waals surface area contributed by atoms with Gasteiger partial charge in [0, 0.05) is 5.56 Å². The van der Waals surface area contributed by atoms with E-state index in [9.17, 15) is 10.0 Å². The minimum Gasteiger partial charge on any atom is -0.402 e.